The number of benzene rings is 1. The molecule has 0 N–H and O–H groups in total. The quantitative estimate of drug-likeness (QED) is 0.738. The first-order valence-corrected chi connectivity index (χ1v) is 7.49. The highest BCUT2D eigenvalue weighted by Gasteiger charge is 2.22. The molecule has 0 unspecified atom stereocenters. The maximum atomic E-state index is 14.1. The van der Waals surface area contributed by atoms with E-state index in [1.54, 1.807) is 7.11 Å². The van der Waals surface area contributed by atoms with Gasteiger partial charge in [-0.1, -0.05) is 0 Å². The van der Waals surface area contributed by atoms with E-state index in [-0.39, 0.29) is 18.2 Å². The Morgan fingerprint density at radius 2 is 2.14 bits per heavy atom. The molecule has 22 heavy (non-hydrogen) atoms. The summed E-state index contributed by atoms with van der Waals surface area (Å²) in [5.41, 5.74) is 0.233. The molecule has 1 atom stereocenters. The van der Waals surface area contributed by atoms with Crippen LogP contribution in [0.1, 0.15) is 18.4 Å². The summed E-state index contributed by atoms with van der Waals surface area (Å²) in [6, 6.07) is 2.53. The number of rotatable bonds is 8. The van der Waals surface area contributed by atoms with Gasteiger partial charge in [0.2, 0.25) is 0 Å². The molecule has 1 aromatic carbocycles. The summed E-state index contributed by atoms with van der Waals surface area (Å²) < 4.78 is 43.5. The number of methoxy groups -OCH3 is 2. The third-order valence-electron chi connectivity index (χ3n) is 3.85. The van der Waals surface area contributed by atoms with Crippen LogP contribution in [0, 0.1) is 11.6 Å². The summed E-state index contributed by atoms with van der Waals surface area (Å²) in [7, 11) is 3.07. The molecule has 1 saturated heterocycles. The molecular weight excluding hydrogens is 292 g/mol. The van der Waals surface area contributed by atoms with E-state index in [1.807, 2.05) is 4.90 Å². The SMILES string of the molecule is COCCN(Cc1c(OC)ccc(F)c1F)C[C@H]1CCCO1. The van der Waals surface area contributed by atoms with Crippen molar-refractivity contribution in [3.05, 3.63) is 29.3 Å². The van der Waals surface area contributed by atoms with Gasteiger partial charge < -0.3 is 14.2 Å². The summed E-state index contributed by atoms with van der Waals surface area (Å²) in [5, 5.41) is 0. The number of hydrogen-bond donors (Lipinski definition) is 0. The lowest BCUT2D eigenvalue weighted by Crippen LogP contribution is -2.34. The molecule has 4 nitrogen and oxygen atoms in total. The summed E-state index contributed by atoms with van der Waals surface area (Å²) in [4.78, 5) is 2.01. The highest BCUT2D eigenvalue weighted by Crippen LogP contribution is 2.26. The Balaban J connectivity index is 2.12. The summed E-state index contributed by atoms with van der Waals surface area (Å²) >= 11 is 0. The van der Waals surface area contributed by atoms with Gasteiger partial charge in [0.05, 0.1) is 19.8 Å². The van der Waals surface area contributed by atoms with Gasteiger partial charge in [0.15, 0.2) is 11.6 Å². The van der Waals surface area contributed by atoms with Crippen molar-refractivity contribution in [2.75, 3.05) is 40.5 Å². The first kappa shape index (κ1) is 17.1. The molecule has 1 aliphatic heterocycles. The second-order valence-electron chi connectivity index (χ2n) is 5.41. The molecule has 0 radical (unpaired) electrons. The summed E-state index contributed by atoms with van der Waals surface area (Å²) in [5.74, 6) is -1.36. The number of hydrogen-bond acceptors (Lipinski definition) is 4. The van der Waals surface area contributed by atoms with Gasteiger partial charge >= 0.3 is 0 Å². The average molecular weight is 315 g/mol. The molecule has 0 saturated carbocycles. The van der Waals surface area contributed by atoms with Crippen molar-refractivity contribution in [2.45, 2.75) is 25.5 Å². The summed E-state index contributed by atoms with van der Waals surface area (Å²) in [6.07, 6.45) is 2.17. The van der Waals surface area contributed by atoms with E-state index in [9.17, 15) is 8.78 Å². The summed E-state index contributed by atoms with van der Waals surface area (Å²) in [6.45, 7) is 2.83. The molecule has 1 aliphatic rings. The number of halogens is 2. The third-order valence-corrected chi connectivity index (χ3v) is 3.85. The van der Waals surface area contributed by atoms with E-state index in [0.717, 1.165) is 25.5 Å². The molecule has 124 valence electrons. The maximum absolute atomic E-state index is 14.1. The van der Waals surface area contributed by atoms with E-state index < -0.39 is 11.6 Å². The highest BCUT2D eigenvalue weighted by molar-refractivity contribution is 5.35. The van der Waals surface area contributed by atoms with Crippen LogP contribution in [0.5, 0.6) is 5.75 Å². The van der Waals surface area contributed by atoms with Crippen LogP contribution < -0.4 is 4.74 Å². The molecule has 1 aromatic rings. The molecule has 1 fully saturated rings. The van der Waals surface area contributed by atoms with Crippen LogP contribution >= 0.6 is 0 Å². The molecule has 0 aromatic heterocycles. The zero-order valence-corrected chi connectivity index (χ0v) is 13.1. The minimum Gasteiger partial charge on any atom is -0.496 e. The van der Waals surface area contributed by atoms with Crippen LogP contribution in [-0.2, 0) is 16.0 Å². The molecule has 2 rings (SSSR count). The fourth-order valence-corrected chi connectivity index (χ4v) is 2.67. The lowest BCUT2D eigenvalue weighted by Gasteiger charge is -2.26. The first-order valence-electron chi connectivity index (χ1n) is 7.49. The van der Waals surface area contributed by atoms with Gasteiger partial charge in [-0.05, 0) is 25.0 Å². The van der Waals surface area contributed by atoms with Gasteiger partial charge in [0, 0.05) is 38.9 Å². The fraction of sp³-hybridized carbons (Fsp3) is 0.625. The van der Waals surface area contributed by atoms with Crippen molar-refractivity contribution in [3.63, 3.8) is 0 Å². The smallest absolute Gasteiger partial charge is 0.167 e. The van der Waals surface area contributed by atoms with E-state index in [1.165, 1.54) is 13.2 Å². The van der Waals surface area contributed by atoms with Crippen LogP contribution in [0.25, 0.3) is 0 Å². The van der Waals surface area contributed by atoms with Gasteiger partial charge in [-0.15, -0.1) is 0 Å². The first-order chi connectivity index (χ1) is 10.7. The molecule has 0 amide bonds. The molecule has 1 heterocycles. The van der Waals surface area contributed by atoms with Crippen LogP contribution in [0.2, 0.25) is 0 Å². The Morgan fingerprint density at radius 1 is 1.32 bits per heavy atom. The molecular formula is C16H23F2NO3. The lowest BCUT2D eigenvalue weighted by atomic mass is 10.1. The molecule has 6 heteroatoms. The van der Waals surface area contributed by atoms with E-state index in [4.69, 9.17) is 14.2 Å². The minimum atomic E-state index is -0.861. The monoisotopic (exact) mass is 315 g/mol. The number of ether oxygens (including phenoxy) is 3. The zero-order chi connectivity index (χ0) is 15.9. The highest BCUT2D eigenvalue weighted by atomic mass is 19.2. The predicted octanol–water partition coefficient (Wildman–Crippen LogP) is 2.60. The molecule has 0 aliphatic carbocycles. The van der Waals surface area contributed by atoms with Crippen molar-refractivity contribution in [1.82, 2.24) is 4.90 Å². The maximum Gasteiger partial charge on any atom is 0.167 e. The van der Waals surface area contributed by atoms with Crippen molar-refractivity contribution < 1.29 is 23.0 Å². The minimum absolute atomic E-state index is 0.138. The Bertz CT molecular complexity index is 479. The van der Waals surface area contributed by atoms with Crippen LogP contribution in [-0.4, -0.2) is 51.5 Å². The van der Waals surface area contributed by atoms with Crippen LogP contribution in [0.3, 0.4) is 0 Å². The zero-order valence-electron chi connectivity index (χ0n) is 13.1. The molecule has 0 bridgehead atoms. The Hall–Kier alpha value is -1.24. The lowest BCUT2D eigenvalue weighted by molar-refractivity contribution is 0.0580. The van der Waals surface area contributed by atoms with E-state index in [0.29, 0.717) is 25.4 Å². The normalized spacial score (nSPS) is 18.1. The van der Waals surface area contributed by atoms with Gasteiger partial charge in [-0.2, -0.15) is 0 Å². The van der Waals surface area contributed by atoms with Gasteiger partial charge in [-0.25, -0.2) is 8.78 Å². The Morgan fingerprint density at radius 3 is 2.77 bits per heavy atom. The third kappa shape index (κ3) is 4.38. The van der Waals surface area contributed by atoms with Crippen molar-refractivity contribution in [1.29, 1.82) is 0 Å². The molecule has 0 spiro atoms. The van der Waals surface area contributed by atoms with Gasteiger partial charge in [-0.3, -0.25) is 4.90 Å². The van der Waals surface area contributed by atoms with Gasteiger partial charge in [0.25, 0.3) is 0 Å². The van der Waals surface area contributed by atoms with Crippen molar-refractivity contribution >= 4 is 0 Å². The van der Waals surface area contributed by atoms with E-state index >= 15 is 0 Å². The second-order valence-corrected chi connectivity index (χ2v) is 5.41. The predicted molar refractivity (Wildman–Crippen MR) is 79.0 cm³/mol. The standard InChI is InChI=1S/C16H23F2NO3/c1-20-9-7-19(10-12-4-3-8-22-12)11-13-15(21-2)6-5-14(17)16(13)18/h5-6,12H,3-4,7-11H2,1-2H3/t12-/m1/s1. The average Bonchev–Trinajstić information content (AvgIpc) is 3.02. The topological polar surface area (TPSA) is 30.9 Å². The van der Waals surface area contributed by atoms with Crippen molar-refractivity contribution in [2.24, 2.45) is 0 Å². The van der Waals surface area contributed by atoms with Crippen LogP contribution in [0.15, 0.2) is 12.1 Å². The Kier molecular flexibility index (Phi) is 6.54. The van der Waals surface area contributed by atoms with Crippen LogP contribution in [0.4, 0.5) is 8.78 Å². The second kappa shape index (κ2) is 8.41. The Labute approximate surface area is 130 Å². The largest absolute Gasteiger partial charge is 0.496 e. The van der Waals surface area contributed by atoms with Crippen molar-refractivity contribution in [3.8, 4) is 5.75 Å². The van der Waals surface area contributed by atoms with E-state index in [2.05, 4.69) is 0 Å². The fourth-order valence-electron chi connectivity index (χ4n) is 2.67. The van der Waals surface area contributed by atoms with Gasteiger partial charge in [0.1, 0.15) is 5.75 Å². The number of nitrogens with zero attached hydrogens (tertiary/aromatic N) is 1.